The lowest BCUT2D eigenvalue weighted by molar-refractivity contribution is -0.383. The van der Waals surface area contributed by atoms with Crippen molar-refractivity contribution in [2.75, 3.05) is 18.0 Å². The van der Waals surface area contributed by atoms with E-state index in [1.807, 2.05) is 6.07 Å². The lowest BCUT2D eigenvalue weighted by Gasteiger charge is -2.25. The zero-order valence-corrected chi connectivity index (χ0v) is 11.9. The van der Waals surface area contributed by atoms with Gasteiger partial charge in [-0.25, -0.2) is 0 Å². The largest absolute Gasteiger partial charge is 0.368 e. The Bertz CT molecular complexity index is 688. The maximum Gasteiger partial charge on any atom is 0.277 e. The second-order valence-corrected chi connectivity index (χ2v) is 5.62. The Morgan fingerprint density at radius 3 is 2.90 bits per heavy atom. The highest BCUT2D eigenvalue weighted by molar-refractivity contribution is 5.99. The molecule has 1 saturated heterocycles. The third-order valence-corrected chi connectivity index (χ3v) is 4.27. The van der Waals surface area contributed by atoms with E-state index in [9.17, 15) is 10.1 Å². The summed E-state index contributed by atoms with van der Waals surface area (Å²) < 4.78 is 0. The number of pyridine rings is 1. The monoisotopic (exact) mass is 286 g/mol. The minimum atomic E-state index is -0.345. The predicted molar refractivity (Wildman–Crippen MR) is 82.4 cm³/mol. The molecular formula is C15H18N4O2. The minimum absolute atomic E-state index is 0.123. The molecule has 2 aromatic rings. The summed E-state index contributed by atoms with van der Waals surface area (Å²) in [6.07, 6.45) is 4.35. The van der Waals surface area contributed by atoms with Crippen molar-refractivity contribution in [2.45, 2.75) is 19.4 Å². The molecule has 1 aliphatic rings. The average molecular weight is 286 g/mol. The Morgan fingerprint density at radius 2 is 2.24 bits per heavy atom. The molecule has 21 heavy (non-hydrogen) atoms. The first-order valence-corrected chi connectivity index (χ1v) is 7.09. The lowest BCUT2D eigenvalue weighted by Crippen LogP contribution is -2.27. The van der Waals surface area contributed by atoms with Crippen LogP contribution in [0.2, 0.25) is 0 Å². The highest BCUT2D eigenvalue weighted by Gasteiger charge is 2.30. The average Bonchev–Trinajstić information content (AvgIpc) is 2.87. The van der Waals surface area contributed by atoms with Crippen LogP contribution in [-0.4, -0.2) is 29.0 Å². The molecule has 1 aromatic heterocycles. The van der Waals surface area contributed by atoms with E-state index in [0.29, 0.717) is 23.9 Å². The number of benzene rings is 1. The molecule has 1 aliphatic heterocycles. The molecule has 0 spiro atoms. The second-order valence-electron chi connectivity index (χ2n) is 5.62. The van der Waals surface area contributed by atoms with Gasteiger partial charge in [-0.1, -0.05) is 0 Å². The van der Waals surface area contributed by atoms with Gasteiger partial charge in [-0.15, -0.1) is 0 Å². The fourth-order valence-corrected chi connectivity index (χ4v) is 3.22. The molecule has 1 fully saturated rings. The molecule has 0 saturated carbocycles. The van der Waals surface area contributed by atoms with Gasteiger partial charge < -0.3 is 10.6 Å². The topological polar surface area (TPSA) is 85.3 Å². The highest BCUT2D eigenvalue weighted by atomic mass is 16.6. The third kappa shape index (κ3) is 2.31. The van der Waals surface area contributed by atoms with Gasteiger partial charge in [0, 0.05) is 42.1 Å². The summed E-state index contributed by atoms with van der Waals surface area (Å²) in [5.41, 5.74) is 6.91. The number of nitro groups is 1. The van der Waals surface area contributed by atoms with Gasteiger partial charge in [-0.2, -0.15) is 0 Å². The molecule has 2 atom stereocenters. The van der Waals surface area contributed by atoms with Gasteiger partial charge in [0.15, 0.2) is 0 Å². The predicted octanol–water partition coefficient (Wildman–Crippen LogP) is 2.32. The number of nitro benzene ring substituents is 1. The summed E-state index contributed by atoms with van der Waals surface area (Å²) in [7, 11) is 0. The fourth-order valence-electron chi connectivity index (χ4n) is 3.22. The van der Waals surface area contributed by atoms with Crippen LogP contribution < -0.4 is 10.6 Å². The van der Waals surface area contributed by atoms with Gasteiger partial charge in [-0.3, -0.25) is 15.1 Å². The van der Waals surface area contributed by atoms with Gasteiger partial charge in [0.25, 0.3) is 5.69 Å². The van der Waals surface area contributed by atoms with E-state index in [1.165, 1.54) is 0 Å². The second kappa shape index (κ2) is 5.29. The molecular weight excluding hydrogens is 268 g/mol. The Balaban J connectivity index is 2.12. The third-order valence-electron chi connectivity index (χ3n) is 4.27. The lowest BCUT2D eigenvalue weighted by atomic mass is 10.1. The fraction of sp³-hybridized carbons (Fsp3) is 0.400. The zero-order valence-electron chi connectivity index (χ0n) is 11.9. The van der Waals surface area contributed by atoms with Crippen LogP contribution in [0.4, 0.5) is 11.4 Å². The zero-order chi connectivity index (χ0) is 15.0. The SMILES string of the molecule is CC1CC(CN)CN1c1ccc([N+](=O)[O-])c2ccncc12. The molecule has 2 heterocycles. The van der Waals surface area contributed by atoms with E-state index in [2.05, 4.69) is 16.8 Å². The van der Waals surface area contributed by atoms with Crippen molar-refractivity contribution in [3.63, 3.8) is 0 Å². The Morgan fingerprint density at radius 1 is 1.43 bits per heavy atom. The van der Waals surface area contributed by atoms with E-state index in [0.717, 1.165) is 24.0 Å². The summed E-state index contributed by atoms with van der Waals surface area (Å²) in [6, 6.07) is 5.50. The van der Waals surface area contributed by atoms with Crippen LogP contribution in [0.15, 0.2) is 30.6 Å². The molecule has 6 nitrogen and oxygen atoms in total. The molecule has 0 radical (unpaired) electrons. The van der Waals surface area contributed by atoms with E-state index >= 15 is 0 Å². The van der Waals surface area contributed by atoms with Gasteiger partial charge in [-0.05, 0) is 37.9 Å². The molecule has 6 heteroatoms. The van der Waals surface area contributed by atoms with Crippen molar-refractivity contribution in [3.05, 3.63) is 40.7 Å². The first-order chi connectivity index (χ1) is 10.1. The van der Waals surface area contributed by atoms with Crippen molar-refractivity contribution in [3.8, 4) is 0 Å². The van der Waals surface area contributed by atoms with Gasteiger partial charge >= 0.3 is 0 Å². The first-order valence-electron chi connectivity index (χ1n) is 7.09. The van der Waals surface area contributed by atoms with Crippen LogP contribution in [0.5, 0.6) is 0 Å². The van der Waals surface area contributed by atoms with Gasteiger partial charge in [0.05, 0.1) is 10.3 Å². The number of aromatic nitrogens is 1. The minimum Gasteiger partial charge on any atom is -0.368 e. The first kappa shape index (κ1) is 13.8. The summed E-state index contributed by atoms with van der Waals surface area (Å²) in [5, 5.41) is 12.6. The molecule has 0 amide bonds. The number of rotatable bonds is 3. The normalized spacial score (nSPS) is 21.9. The molecule has 0 bridgehead atoms. The molecule has 1 aromatic carbocycles. The number of fused-ring (bicyclic) bond motifs is 1. The maximum absolute atomic E-state index is 11.2. The van der Waals surface area contributed by atoms with E-state index in [4.69, 9.17) is 5.73 Å². The number of non-ortho nitro benzene ring substituents is 1. The highest BCUT2D eigenvalue weighted by Crippen LogP contribution is 2.37. The molecule has 3 rings (SSSR count). The number of hydrogen-bond acceptors (Lipinski definition) is 5. The maximum atomic E-state index is 11.2. The van der Waals surface area contributed by atoms with Crippen LogP contribution in [0.3, 0.4) is 0 Å². The van der Waals surface area contributed by atoms with Crippen LogP contribution in [-0.2, 0) is 0 Å². The molecule has 2 unspecified atom stereocenters. The van der Waals surface area contributed by atoms with E-state index < -0.39 is 0 Å². The summed E-state index contributed by atoms with van der Waals surface area (Å²) in [5.74, 6) is 0.474. The number of anilines is 1. The van der Waals surface area contributed by atoms with Crippen LogP contribution in [0.25, 0.3) is 10.8 Å². The van der Waals surface area contributed by atoms with Gasteiger partial charge in [0.2, 0.25) is 0 Å². The van der Waals surface area contributed by atoms with Crippen molar-refractivity contribution in [1.29, 1.82) is 0 Å². The van der Waals surface area contributed by atoms with Crippen molar-refractivity contribution < 1.29 is 4.92 Å². The van der Waals surface area contributed by atoms with Gasteiger partial charge in [0.1, 0.15) is 0 Å². The summed E-state index contributed by atoms with van der Waals surface area (Å²) in [4.78, 5) is 17.2. The summed E-state index contributed by atoms with van der Waals surface area (Å²) >= 11 is 0. The molecule has 2 N–H and O–H groups in total. The van der Waals surface area contributed by atoms with Crippen LogP contribution >= 0.6 is 0 Å². The van der Waals surface area contributed by atoms with Crippen LogP contribution in [0, 0.1) is 16.0 Å². The van der Waals surface area contributed by atoms with Crippen molar-refractivity contribution >= 4 is 22.1 Å². The number of nitrogens with two attached hydrogens (primary N) is 1. The van der Waals surface area contributed by atoms with Crippen molar-refractivity contribution in [2.24, 2.45) is 11.7 Å². The Labute approximate surface area is 122 Å². The van der Waals surface area contributed by atoms with Crippen molar-refractivity contribution in [1.82, 2.24) is 4.98 Å². The summed E-state index contributed by atoms with van der Waals surface area (Å²) in [6.45, 7) is 3.72. The smallest absolute Gasteiger partial charge is 0.277 e. The van der Waals surface area contributed by atoms with E-state index in [-0.39, 0.29) is 10.6 Å². The number of hydrogen-bond donors (Lipinski definition) is 1. The quantitative estimate of drug-likeness (QED) is 0.691. The Kier molecular flexibility index (Phi) is 3.47. The Hall–Kier alpha value is -2.21. The molecule has 0 aliphatic carbocycles. The molecule has 110 valence electrons. The standard InChI is InChI=1S/C15H18N4O2/c1-10-6-11(7-16)9-18(10)14-2-3-15(19(20)21)12-4-5-17-8-13(12)14/h2-5,8,10-11H,6-7,9,16H2,1H3. The number of nitrogens with zero attached hydrogens (tertiary/aromatic N) is 3. The van der Waals surface area contributed by atoms with E-state index in [1.54, 1.807) is 24.5 Å². The van der Waals surface area contributed by atoms with Crippen LogP contribution in [0.1, 0.15) is 13.3 Å².